The van der Waals surface area contributed by atoms with Gasteiger partial charge in [-0.3, -0.25) is 14.9 Å². The summed E-state index contributed by atoms with van der Waals surface area (Å²) in [5, 5.41) is 2.43. The standard InChI is InChI=1S/C19H16N2O3/c1-24-14-7-4-6-13(11-14)16-17(19(23)20-18(16)22)21-10-9-12-5-2-3-8-15(12)21/h2-8,11H,9-10H2,1H3,(H,20,22,23). The molecule has 0 saturated carbocycles. The van der Waals surface area contributed by atoms with E-state index >= 15 is 0 Å². The molecule has 0 fully saturated rings. The Bertz CT molecular complexity index is 886. The van der Waals surface area contributed by atoms with E-state index in [1.807, 2.05) is 41.3 Å². The molecular formula is C19H16N2O3. The van der Waals surface area contributed by atoms with Crippen molar-refractivity contribution in [3.05, 3.63) is 65.4 Å². The SMILES string of the molecule is COc1cccc(C2=C(N3CCc4ccccc43)C(=O)NC2=O)c1. The summed E-state index contributed by atoms with van der Waals surface area (Å²) < 4.78 is 5.24. The van der Waals surface area contributed by atoms with Crippen molar-refractivity contribution in [3.63, 3.8) is 0 Å². The van der Waals surface area contributed by atoms with Gasteiger partial charge >= 0.3 is 0 Å². The zero-order chi connectivity index (χ0) is 16.7. The number of imide groups is 1. The van der Waals surface area contributed by atoms with Crippen molar-refractivity contribution in [3.8, 4) is 5.75 Å². The number of carbonyl (C=O) groups is 2. The lowest BCUT2D eigenvalue weighted by molar-refractivity contribution is -0.123. The zero-order valence-electron chi connectivity index (χ0n) is 13.2. The molecule has 0 saturated heterocycles. The van der Waals surface area contributed by atoms with Crippen molar-refractivity contribution >= 4 is 23.1 Å². The van der Waals surface area contributed by atoms with Crippen LogP contribution in [-0.4, -0.2) is 25.5 Å². The van der Waals surface area contributed by atoms with Crippen molar-refractivity contribution in [1.29, 1.82) is 0 Å². The summed E-state index contributed by atoms with van der Waals surface area (Å²) in [7, 11) is 1.57. The summed E-state index contributed by atoms with van der Waals surface area (Å²) in [4.78, 5) is 26.8. The van der Waals surface area contributed by atoms with E-state index in [2.05, 4.69) is 11.4 Å². The van der Waals surface area contributed by atoms with Crippen molar-refractivity contribution in [2.24, 2.45) is 0 Å². The third-order valence-electron chi connectivity index (χ3n) is 4.42. The third-order valence-corrected chi connectivity index (χ3v) is 4.42. The van der Waals surface area contributed by atoms with E-state index in [-0.39, 0.29) is 11.8 Å². The maximum atomic E-state index is 12.5. The lowest BCUT2D eigenvalue weighted by Crippen LogP contribution is -2.29. The molecule has 2 aromatic rings. The number of amides is 2. The molecule has 0 spiro atoms. The molecule has 2 heterocycles. The third kappa shape index (κ3) is 2.17. The van der Waals surface area contributed by atoms with Crippen LogP contribution in [-0.2, 0) is 16.0 Å². The number of nitrogens with one attached hydrogen (secondary N) is 1. The zero-order valence-corrected chi connectivity index (χ0v) is 13.2. The number of ether oxygens (including phenoxy) is 1. The molecule has 1 N–H and O–H groups in total. The van der Waals surface area contributed by atoms with Gasteiger partial charge in [0.25, 0.3) is 11.8 Å². The highest BCUT2D eigenvalue weighted by Crippen LogP contribution is 2.36. The molecule has 0 unspecified atom stereocenters. The Morgan fingerprint density at radius 1 is 1.04 bits per heavy atom. The number of para-hydroxylation sites is 1. The minimum atomic E-state index is -0.368. The first-order valence-corrected chi connectivity index (χ1v) is 7.79. The molecule has 2 amide bonds. The Balaban J connectivity index is 1.88. The summed E-state index contributed by atoms with van der Waals surface area (Å²) in [5.41, 5.74) is 3.66. The number of anilines is 1. The van der Waals surface area contributed by atoms with Gasteiger partial charge in [0.15, 0.2) is 0 Å². The van der Waals surface area contributed by atoms with Crippen LogP contribution in [0.4, 0.5) is 5.69 Å². The Morgan fingerprint density at radius 3 is 2.71 bits per heavy atom. The quantitative estimate of drug-likeness (QED) is 0.880. The average Bonchev–Trinajstić information content (AvgIpc) is 3.15. The second-order valence-corrected chi connectivity index (χ2v) is 5.77. The fourth-order valence-corrected chi connectivity index (χ4v) is 3.32. The molecule has 4 rings (SSSR count). The van der Waals surface area contributed by atoms with Crippen LogP contribution in [0.2, 0.25) is 0 Å². The summed E-state index contributed by atoms with van der Waals surface area (Å²) >= 11 is 0. The molecule has 0 atom stereocenters. The van der Waals surface area contributed by atoms with E-state index in [0.717, 1.165) is 12.1 Å². The topological polar surface area (TPSA) is 58.6 Å². The van der Waals surface area contributed by atoms with Crippen molar-refractivity contribution in [2.45, 2.75) is 6.42 Å². The molecule has 0 radical (unpaired) electrons. The lowest BCUT2D eigenvalue weighted by Gasteiger charge is -2.20. The Morgan fingerprint density at radius 2 is 1.88 bits per heavy atom. The minimum Gasteiger partial charge on any atom is -0.497 e. The van der Waals surface area contributed by atoms with Crippen molar-refractivity contribution in [2.75, 3.05) is 18.6 Å². The van der Waals surface area contributed by atoms with E-state index in [0.29, 0.717) is 29.1 Å². The van der Waals surface area contributed by atoms with Crippen LogP contribution in [0.1, 0.15) is 11.1 Å². The van der Waals surface area contributed by atoms with Gasteiger partial charge in [0.1, 0.15) is 11.4 Å². The van der Waals surface area contributed by atoms with Crippen molar-refractivity contribution in [1.82, 2.24) is 5.32 Å². The fraction of sp³-hybridized carbons (Fsp3) is 0.158. The van der Waals surface area contributed by atoms with Gasteiger partial charge in [0.2, 0.25) is 0 Å². The van der Waals surface area contributed by atoms with Crippen LogP contribution >= 0.6 is 0 Å². The largest absolute Gasteiger partial charge is 0.497 e. The highest BCUT2D eigenvalue weighted by molar-refractivity contribution is 6.37. The van der Waals surface area contributed by atoms with Gasteiger partial charge in [0.05, 0.1) is 12.7 Å². The molecular weight excluding hydrogens is 304 g/mol. The van der Waals surface area contributed by atoms with E-state index in [4.69, 9.17) is 4.74 Å². The van der Waals surface area contributed by atoms with Gasteiger partial charge in [0, 0.05) is 12.2 Å². The van der Waals surface area contributed by atoms with Gasteiger partial charge in [-0.1, -0.05) is 30.3 Å². The summed E-state index contributed by atoms with van der Waals surface area (Å²) in [6.07, 6.45) is 0.854. The van der Waals surface area contributed by atoms with Crippen LogP contribution in [0.3, 0.4) is 0 Å². The van der Waals surface area contributed by atoms with Gasteiger partial charge < -0.3 is 9.64 Å². The van der Waals surface area contributed by atoms with Gasteiger partial charge in [-0.25, -0.2) is 0 Å². The monoisotopic (exact) mass is 320 g/mol. The molecule has 0 aliphatic carbocycles. The summed E-state index contributed by atoms with van der Waals surface area (Å²) in [5.74, 6) is -0.0736. The van der Waals surface area contributed by atoms with Gasteiger partial charge in [-0.15, -0.1) is 0 Å². The molecule has 0 aromatic heterocycles. The first kappa shape index (κ1) is 14.5. The second-order valence-electron chi connectivity index (χ2n) is 5.77. The van der Waals surface area contributed by atoms with E-state index in [1.54, 1.807) is 13.2 Å². The highest BCUT2D eigenvalue weighted by Gasteiger charge is 2.37. The molecule has 120 valence electrons. The number of benzene rings is 2. The molecule has 2 aliphatic heterocycles. The minimum absolute atomic E-state index is 0.352. The maximum Gasteiger partial charge on any atom is 0.275 e. The number of nitrogens with zero attached hydrogens (tertiary/aromatic N) is 1. The number of hydrogen-bond donors (Lipinski definition) is 1. The Labute approximate surface area is 139 Å². The Kier molecular flexibility index (Phi) is 3.34. The first-order chi connectivity index (χ1) is 11.7. The van der Waals surface area contributed by atoms with Crippen molar-refractivity contribution < 1.29 is 14.3 Å². The predicted octanol–water partition coefficient (Wildman–Crippen LogP) is 2.13. The van der Waals surface area contributed by atoms with Gasteiger partial charge in [-0.2, -0.15) is 0 Å². The van der Waals surface area contributed by atoms with E-state index < -0.39 is 0 Å². The van der Waals surface area contributed by atoms with Crippen LogP contribution in [0, 0.1) is 0 Å². The summed E-state index contributed by atoms with van der Waals surface area (Å²) in [6.45, 7) is 0.683. The highest BCUT2D eigenvalue weighted by atomic mass is 16.5. The molecule has 5 nitrogen and oxygen atoms in total. The first-order valence-electron chi connectivity index (χ1n) is 7.79. The van der Waals surface area contributed by atoms with Crippen LogP contribution in [0.15, 0.2) is 54.2 Å². The average molecular weight is 320 g/mol. The van der Waals surface area contributed by atoms with Crippen LogP contribution < -0.4 is 15.0 Å². The molecule has 0 bridgehead atoms. The number of rotatable bonds is 3. The molecule has 2 aliphatic rings. The second kappa shape index (κ2) is 5.53. The molecule has 2 aromatic carbocycles. The number of hydrogen-bond acceptors (Lipinski definition) is 4. The predicted molar refractivity (Wildman–Crippen MR) is 90.6 cm³/mol. The molecule has 5 heteroatoms. The summed E-state index contributed by atoms with van der Waals surface area (Å²) in [6, 6.07) is 15.2. The Hall–Kier alpha value is -3.08. The maximum absolute atomic E-state index is 12.5. The number of fused-ring (bicyclic) bond motifs is 1. The van der Waals surface area contributed by atoms with Crippen LogP contribution in [0.5, 0.6) is 5.75 Å². The van der Waals surface area contributed by atoms with E-state index in [9.17, 15) is 9.59 Å². The lowest BCUT2D eigenvalue weighted by atomic mass is 10.0. The number of carbonyl (C=O) groups excluding carboxylic acids is 2. The number of methoxy groups -OCH3 is 1. The normalized spacial score (nSPS) is 16.5. The fourth-order valence-electron chi connectivity index (χ4n) is 3.32. The van der Waals surface area contributed by atoms with Crippen LogP contribution in [0.25, 0.3) is 5.57 Å². The van der Waals surface area contributed by atoms with Gasteiger partial charge in [-0.05, 0) is 35.7 Å². The molecule has 24 heavy (non-hydrogen) atoms. The smallest absolute Gasteiger partial charge is 0.275 e. The van der Waals surface area contributed by atoms with E-state index in [1.165, 1.54) is 5.56 Å².